The zero-order chi connectivity index (χ0) is 8.55. The molecule has 0 aromatic heterocycles. The molecule has 1 saturated carbocycles. The molecule has 0 aliphatic heterocycles. The van der Waals surface area contributed by atoms with Crippen LogP contribution in [0, 0.1) is 13.0 Å². The van der Waals surface area contributed by atoms with Crippen LogP contribution in [0.2, 0.25) is 5.02 Å². The van der Waals surface area contributed by atoms with Crippen LogP contribution in [0.25, 0.3) is 0 Å². The van der Waals surface area contributed by atoms with Gasteiger partial charge in [0, 0.05) is 5.02 Å². The predicted octanol–water partition coefficient (Wildman–Crippen LogP) is 3.72. The molecule has 0 amide bonds. The summed E-state index contributed by atoms with van der Waals surface area (Å²) >= 11 is 6.17. The van der Waals surface area contributed by atoms with Crippen LogP contribution in [-0.4, -0.2) is 0 Å². The fraction of sp³-hybridized carbons (Fsp3) is 0.455. The zero-order valence-corrected chi connectivity index (χ0v) is 7.99. The van der Waals surface area contributed by atoms with Crippen molar-refractivity contribution in [3.63, 3.8) is 0 Å². The molecule has 0 N–H and O–H groups in total. The summed E-state index contributed by atoms with van der Waals surface area (Å²) in [5.41, 5.74) is 2.42. The second kappa shape index (κ2) is 3.10. The van der Waals surface area contributed by atoms with E-state index in [0.717, 1.165) is 5.02 Å². The summed E-state index contributed by atoms with van der Waals surface area (Å²) in [6.45, 7) is 2.05. The van der Waals surface area contributed by atoms with Crippen LogP contribution in [-0.2, 0) is 0 Å². The number of aryl methyl sites for hydroxylation is 1. The molecular formula is C11H12Cl. The van der Waals surface area contributed by atoms with Crippen molar-refractivity contribution in [2.24, 2.45) is 0 Å². The first-order chi connectivity index (χ1) is 5.79. The fourth-order valence-corrected chi connectivity index (χ4v) is 1.87. The molecule has 1 aliphatic carbocycles. The van der Waals surface area contributed by atoms with Gasteiger partial charge in [0.05, 0.1) is 0 Å². The summed E-state index contributed by atoms with van der Waals surface area (Å²) in [4.78, 5) is 0. The molecule has 63 valence electrons. The first-order valence-corrected chi connectivity index (χ1v) is 4.83. The molecule has 2 rings (SSSR count). The Bertz CT molecular complexity index is 287. The summed E-state index contributed by atoms with van der Waals surface area (Å²) in [5.74, 6) is 0.692. The Kier molecular flexibility index (Phi) is 2.10. The van der Waals surface area contributed by atoms with Crippen molar-refractivity contribution in [2.45, 2.75) is 32.1 Å². The minimum atomic E-state index is 0.692. The third kappa shape index (κ3) is 1.25. The first-order valence-electron chi connectivity index (χ1n) is 4.45. The number of benzene rings is 1. The van der Waals surface area contributed by atoms with Gasteiger partial charge in [-0.3, -0.25) is 0 Å². The molecular weight excluding hydrogens is 168 g/mol. The van der Waals surface area contributed by atoms with E-state index in [-0.39, 0.29) is 0 Å². The zero-order valence-electron chi connectivity index (χ0n) is 7.23. The van der Waals surface area contributed by atoms with Crippen molar-refractivity contribution in [3.05, 3.63) is 34.3 Å². The molecule has 12 heavy (non-hydrogen) atoms. The highest BCUT2D eigenvalue weighted by atomic mass is 35.5. The molecule has 1 aromatic rings. The van der Waals surface area contributed by atoms with Gasteiger partial charge in [-0.1, -0.05) is 30.2 Å². The maximum absolute atomic E-state index is 6.17. The van der Waals surface area contributed by atoms with Crippen molar-refractivity contribution >= 4 is 11.6 Å². The monoisotopic (exact) mass is 179 g/mol. The average molecular weight is 180 g/mol. The molecule has 1 fully saturated rings. The first kappa shape index (κ1) is 8.12. The van der Waals surface area contributed by atoms with Gasteiger partial charge in [0.15, 0.2) is 0 Å². The quantitative estimate of drug-likeness (QED) is 0.617. The van der Waals surface area contributed by atoms with Gasteiger partial charge >= 0.3 is 0 Å². The molecule has 0 heterocycles. The summed E-state index contributed by atoms with van der Waals surface area (Å²) in [7, 11) is 0. The lowest BCUT2D eigenvalue weighted by Gasteiger charge is -2.26. The van der Waals surface area contributed by atoms with Crippen molar-refractivity contribution in [2.75, 3.05) is 0 Å². The third-order valence-corrected chi connectivity index (χ3v) is 3.17. The van der Waals surface area contributed by atoms with Crippen LogP contribution in [0.1, 0.15) is 36.3 Å². The number of halogens is 1. The van der Waals surface area contributed by atoms with E-state index in [1.807, 2.05) is 12.1 Å². The van der Waals surface area contributed by atoms with Crippen molar-refractivity contribution in [1.29, 1.82) is 0 Å². The Hall–Kier alpha value is -0.490. The maximum atomic E-state index is 6.17. The van der Waals surface area contributed by atoms with Crippen molar-refractivity contribution < 1.29 is 0 Å². The van der Waals surface area contributed by atoms with Gasteiger partial charge in [-0.25, -0.2) is 0 Å². The molecule has 1 aliphatic rings. The summed E-state index contributed by atoms with van der Waals surface area (Å²) < 4.78 is 0. The van der Waals surface area contributed by atoms with E-state index in [0.29, 0.717) is 5.92 Å². The third-order valence-electron chi connectivity index (χ3n) is 2.67. The van der Waals surface area contributed by atoms with Crippen LogP contribution in [0.4, 0.5) is 0 Å². The van der Waals surface area contributed by atoms with E-state index in [1.54, 1.807) is 0 Å². The van der Waals surface area contributed by atoms with E-state index in [1.165, 1.54) is 30.4 Å². The second-order valence-electron chi connectivity index (χ2n) is 3.52. The maximum Gasteiger partial charge on any atom is 0.0476 e. The largest absolute Gasteiger partial charge is 0.0837 e. The smallest absolute Gasteiger partial charge is 0.0476 e. The highest BCUT2D eigenvalue weighted by Crippen LogP contribution is 2.40. The highest BCUT2D eigenvalue weighted by molar-refractivity contribution is 6.32. The van der Waals surface area contributed by atoms with Crippen LogP contribution in [0.3, 0.4) is 0 Å². The number of hydrogen-bond donors (Lipinski definition) is 0. The van der Waals surface area contributed by atoms with Crippen LogP contribution < -0.4 is 0 Å². The van der Waals surface area contributed by atoms with Crippen molar-refractivity contribution in [1.82, 2.24) is 0 Å². The highest BCUT2D eigenvalue weighted by Gasteiger charge is 2.22. The van der Waals surface area contributed by atoms with Crippen LogP contribution in [0.15, 0.2) is 12.1 Å². The van der Waals surface area contributed by atoms with Gasteiger partial charge in [-0.2, -0.15) is 0 Å². The van der Waals surface area contributed by atoms with Gasteiger partial charge in [-0.05, 0) is 42.9 Å². The van der Waals surface area contributed by atoms with E-state index in [4.69, 9.17) is 11.6 Å². The van der Waals surface area contributed by atoms with E-state index in [9.17, 15) is 0 Å². The van der Waals surface area contributed by atoms with Crippen LogP contribution in [0.5, 0.6) is 0 Å². The molecule has 1 aromatic carbocycles. The fourth-order valence-electron chi connectivity index (χ4n) is 1.60. The van der Waals surface area contributed by atoms with Crippen LogP contribution >= 0.6 is 11.6 Å². The normalized spacial score (nSPS) is 17.5. The summed E-state index contributed by atoms with van der Waals surface area (Å²) in [6.07, 6.45) is 3.93. The molecule has 0 unspecified atom stereocenters. The molecule has 0 nitrogen and oxygen atoms in total. The molecule has 0 spiro atoms. The topological polar surface area (TPSA) is 0 Å². The van der Waals surface area contributed by atoms with Gasteiger partial charge < -0.3 is 0 Å². The van der Waals surface area contributed by atoms with Gasteiger partial charge in [0.2, 0.25) is 0 Å². The van der Waals surface area contributed by atoms with E-state index in [2.05, 4.69) is 13.0 Å². The molecule has 1 heteroatoms. The van der Waals surface area contributed by atoms with E-state index < -0.39 is 0 Å². The Morgan fingerprint density at radius 2 is 2.25 bits per heavy atom. The summed E-state index contributed by atoms with van der Waals surface area (Å²) in [6, 6.07) is 7.25. The lowest BCUT2D eigenvalue weighted by molar-refractivity contribution is 0.419. The van der Waals surface area contributed by atoms with Gasteiger partial charge in [0.25, 0.3) is 0 Å². The lowest BCUT2D eigenvalue weighted by Crippen LogP contribution is -2.09. The SMILES string of the molecule is Cc1cc[c]c(C2CCC2)c1Cl. The second-order valence-corrected chi connectivity index (χ2v) is 3.89. The standard InChI is InChI=1S/C11H12Cl/c1-8-4-2-7-10(11(8)12)9-5-3-6-9/h2,4,9H,3,5-6H2,1H3. The Balaban J connectivity index is 2.36. The van der Waals surface area contributed by atoms with Crippen molar-refractivity contribution in [3.8, 4) is 0 Å². The van der Waals surface area contributed by atoms with Gasteiger partial charge in [-0.15, -0.1) is 0 Å². The molecule has 0 bridgehead atoms. The number of rotatable bonds is 1. The lowest BCUT2D eigenvalue weighted by atomic mass is 9.80. The number of hydrogen-bond acceptors (Lipinski definition) is 0. The van der Waals surface area contributed by atoms with E-state index >= 15 is 0 Å². The Labute approximate surface area is 78.6 Å². The molecule has 0 atom stereocenters. The predicted molar refractivity (Wildman–Crippen MR) is 51.6 cm³/mol. The molecule has 0 saturated heterocycles. The van der Waals surface area contributed by atoms with Gasteiger partial charge in [0.1, 0.15) is 0 Å². The summed E-state index contributed by atoms with van der Waals surface area (Å²) in [5, 5.41) is 0.933. The Morgan fingerprint density at radius 1 is 1.50 bits per heavy atom. The Morgan fingerprint density at radius 3 is 2.83 bits per heavy atom. The minimum Gasteiger partial charge on any atom is -0.0837 e. The minimum absolute atomic E-state index is 0.692. The average Bonchev–Trinajstić information content (AvgIpc) is 1.95. The molecule has 1 radical (unpaired) electrons.